The van der Waals surface area contributed by atoms with Crippen LogP contribution >= 0.6 is 0 Å². The molecule has 5 nitrogen and oxygen atoms in total. The smallest absolute Gasteiger partial charge is 0.216 e. The van der Waals surface area contributed by atoms with E-state index in [0.29, 0.717) is 12.5 Å². The predicted molar refractivity (Wildman–Crippen MR) is 90.2 cm³/mol. The molecule has 0 saturated carbocycles. The Bertz CT molecular complexity index is 511. The third-order valence-corrected chi connectivity index (χ3v) is 4.35. The summed E-state index contributed by atoms with van der Waals surface area (Å²) in [7, 11) is 0. The minimum Gasteiger partial charge on any atom is -0.494 e. The van der Waals surface area contributed by atoms with Gasteiger partial charge in [-0.15, -0.1) is 0 Å². The van der Waals surface area contributed by atoms with Crippen molar-refractivity contribution >= 4 is 5.91 Å². The van der Waals surface area contributed by atoms with Crippen molar-refractivity contribution in [1.82, 2.24) is 10.2 Å². The molecule has 2 N–H and O–H groups in total. The second-order valence-corrected chi connectivity index (χ2v) is 6.19. The second kappa shape index (κ2) is 8.89. The van der Waals surface area contributed by atoms with Gasteiger partial charge in [-0.3, -0.25) is 9.69 Å². The number of hydrogen-bond acceptors (Lipinski definition) is 4. The highest BCUT2D eigenvalue weighted by Gasteiger charge is 2.19. The van der Waals surface area contributed by atoms with Gasteiger partial charge in [-0.2, -0.15) is 0 Å². The predicted octanol–water partition coefficient (Wildman–Crippen LogP) is 1.93. The van der Waals surface area contributed by atoms with Gasteiger partial charge in [0.25, 0.3) is 0 Å². The second-order valence-electron chi connectivity index (χ2n) is 6.19. The summed E-state index contributed by atoms with van der Waals surface area (Å²) in [5.74, 6) is 1.41. The fourth-order valence-electron chi connectivity index (χ4n) is 3.05. The number of aliphatic hydroxyl groups excluding tert-OH is 1. The Balaban J connectivity index is 1.85. The molecule has 0 aromatic heterocycles. The maximum atomic E-state index is 11.0. The number of hydrogen-bond donors (Lipinski definition) is 2. The number of benzene rings is 1. The largest absolute Gasteiger partial charge is 0.494 e. The molecular weight excluding hydrogens is 292 g/mol. The van der Waals surface area contributed by atoms with Crippen LogP contribution in [0.3, 0.4) is 0 Å². The van der Waals surface area contributed by atoms with E-state index < -0.39 is 0 Å². The quantitative estimate of drug-likeness (QED) is 0.806. The van der Waals surface area contributed by atoms with E-state index >= 15 is 0 Å². The van der Waals surface area contributed by atoms with Gasteiger partial charge in [0.05, 0.1) is 13.2 Å². The molecule has 23 heavy (non-hydrogen) atoms. The Morgan fingerprint density at radius 1 is 1.39 bits per heavy atom. The van der Waals surface area contributed by atoms with Crippen LogP contribution in [0.15, 0.2) is 18.2 Å². The van der Waals surface area contributed by atoms with Crippen LogP contribution in [0.25, 0.3) is 0 Å². The summed E-state index contributed by atoms with van der Waals surface area (Å²) in [5.41, 5.74) is 2.06. The van der Waals surface area contributed by atoms with Gasteiger partial charge in [-0.05, 0) is 56.5 Å². The number of ether oxygens (including phenoxy) is 1. The van der Waals surface area contributed by atoms with E-state index in [1.807, 2.05) is 19.1 Å². The lowest BCUT2D eigenvalue weighted by Crippen LogP contribution is -2.37. The Kier molecular flexibility index (Phi) is 6.86. The topological polar surface area (TPSA) is 61.8 Å². The molecule has 2 rings (SSSR count). The lowest BCUT2D eigenvalue weighted by Gasteiger charge is -2.32. The van der Waals surface area contributed by atoms with Gasteiger partial charge in [0.15, 0.2) is 0 Å². The average Bonchev–Trinajstić information content (AvgIpc) is 2.55. The molecule has 5 heteroatoms. The molecule has 1 aliphatic rings. The van der Waals surface area contributed by atoms with E-state index in [1.165, 1.54) is 5.56 Å². The first kappa shape index (κ1) is 17.8. The van der Waals surface area contributed by atoms with Crippen molar-refractivity contribution in [2.75, 3.05) is 26.2 Å². The van der Waals surface area contributed by atoms with Crippen LogP contribution in [-0.2, 0) is 17.9 Å². The number of carbonyl (C=O) groups excluding carboxylic acids is 1. The fraction of sp³-hybridized carbons (Fsp3) is 0.611. The van der Waals surface area contributed by atoms with Crippen molar-refractivity contribution < 1.29 is 14.6 Å². The van der Waals surface area contributed by atoms with Crippen molar-refractivity contribution in [3.8, 4) is 5.75 Å². The highest BCUT2D eigenvalue weighted by Crippen LogP contribution is 2.23. The van der Waals surface area contributed by atoms with Crippen LogP contribution in [0.4, 0.5) is 0 Å². The molecule has 0 unspecified atom stereocenters. The molecule has 1 amide bonds. The summed E-state index contributed by atoms with van der Waals surface area (Å²) in [6, 6.07) is 6.07. The lowest BCUT2D eigenvalue weighted by atomic mass is 9.96. The molecule has 1 aliphatic heterocycles. The first-order chi connectivity index (χ1) is 11.1. The van der Waals surface area contributed by atoms with Crippen molar-refractivity contribution in [3.63, 3.8) is 0 Å². The van der Waals surface area contributed by atoms with Crippen LogP contribution in [0.2, 0.25) is 0 Å². The number of amides is 1. The highest BCUT2D eigenvalue weighted by atomic mass is 16.5. The average molecular weight is 320 g/mol. The summed E-state index contributed by atoms with van der Waals surface area (Å²) in [6.45, 7) is 7.90. The van der Waals surface area contributed by atoms with Gasteiger partial charge in [0.1, 0.15) is 5.75 Å². The minimum atomic E-state index is 0.00195. The zero-order valence-corrected chi connectivity index (χ0v) is 14.2. The van der Waals surface area contributed by atoms with E-state index in [1.54, 1.807) is 6.92 Å². The summed E-state index contributed by atoms with van der Waals surface area (Å²) >= 11 is 0. The third kappa shape index (κ3) is 5.52. The summed E-state index contributed by atoms with van der Waals surface area (Å²) in [4.78, 5) is 13.4. The lowest BCUT2D eigenvalue weighted by molar-refractivity contribution is -0.119. The summed E-state index contributed by atoms with van der Waals surface area (Å²) < 4.78 is 5.53. The first-order valence-electron chi connectivity index (χ1n) is 8.44. The van der Waals surface area contributed by atoms with E-state index in [2.05, 4.69) is 16.3 Å². The molecule has 0 radical (unpaired) electrons. The number of likely N-dealkylation sites (tertiary alicyclic amines) is 1. The molecule has 0 aliphatic carbocycles. The Morgan fingerprint density at radius 3 is 2.74 bits per heavy atom. The molecule has 1 heterocycles. The van der Waals surface area contributed by atoms with Crippen LogP contribution in [0.5, 0.6) is 5.75 Å². The SMILES string of the molecule is CCOc1ccc(CN2CCC(CNC(C)=O)CC2)cc1CO. The normalized spacial score (nSPS) is 16.3. The molecule has 1 fully saturated rings. The number of piperidine rings is 1. The monoisotopic (exact) mass is 320 g/mol. The maximum Gasteiger partial charge on any atom is 0.216 e. The van der Waals surface area contributed by atoms with E-state index in [9.17, 15) is 9.90 Å². The molecule has 1 saturated heterocycles. The first-order valence-corrected chi connectivity index (χ1v) is 8.44. The summed E-state index contributed by atoms with van der Waals surface area (Å²) in [6.07, 6.45) is 2.23. The van der Waals surface area contributed by atoms with Gasteiger partial charge < -0.3 is 15.2 Å². The molecule has 0 bridgehead atoms. The molecule has 1 aromatic rings. The number of rotatable bonds is 7. The zero-order valence-electron chi connectivity index (χ0n) is 14.2. The number of nitrogens with one attached hydrogen (secondary N) is 1. The van der Waals surface area contributed by atoms with E-state index in [-0.39, 0.29) is 12.5 Å². The molecule has 0 spiro atoms. The fourth-order valence-corrected chi connectivity index (χ4v) is 3.05. The Labute approximate surface area is 138 Å². The van der Waals surface area contributed by atoms with Crippen molar-refractivity contribution in [1.29, 1.82) is 0 Å². The van der Waals surface area contributed by atoms with Gasteiger partial charge in [0.2, 0.25) is 5.91 Å². The number of aliphatic hydroxyl groups is 1. The van der Waals surface area contributed by atoms with Crippen LogP contribution in [0.1, 0.15) is 37.8 Å². The Hall–Kier alpha value is -1.59. The van der Waals surface area contributed by atoms with Gasteiger partial charge in [-0.25, -0.2) is 0 Å². The van der Waals surface area contributed by atoms with Gasteiger partial charge in [-0.1, -0.05) is 6.07 Å². The van der Waals surface area contributed by atoms with E-state index in [4.69, 9.17) is 4.74 Å². The summed E-state index contributed by atoms with van der Waals surface area (Å²) in [5, 5.41) is 12.4. The maximum absolute atomic E-state index is 11.0. The molecule has 128 valence electrons. The standard InChI is InChI=1S/C18H28N2O3/c1-3-23-18-5-4-16(10-17(18)13-21)12-20-8-6-15(7-9-20)11-19-14(2)22/h4-5,10,15,21H,3,6-9,11-13H2,1-2H3,(H,19,22). The number of carbonyl (C=O) groups is 1. The molecular formula is C18H28N2O3. The van der Waals surface area contributed by atoms with Crippen LogP contribution < -0.4 is 10.1 Å². The van der Waals surface area contributed by atoms with E-state index in [0.717, 1.165) is 50.3 Å². The van der Waals surface area contributed by atoms with Crippen LogP contribution in [0, 0.1) is 5.92 Å². The Morgan fingerprint density at radius 2 is 2.13 bits per heavy atom. The zero-order chi connectivity index (χ0) is 16.7. The molecule has 0 atom stereocenters. The third-order valence-electron chi connectivity index (χ3n) is 4.35. The van der Waals surface area contributed by atoms with Crippen molar-refractivity contribution in [2.45, 2.75) is 39.8 Å². The highest BCUT2D eigenvalue weighted by molar-refractivity contribution is 5.72. The van der Waals surface area contributed by atoms with Crippen molar-refractivity contribution in [2.24, 2.45) is 5.92 Å². The van der Waals surface area contributed by atoms with Gasteiger partial charge >= 0.3 is 0 Å². The van der Waals surface area contributed by atoms with Crippen LogP contribution in [-0.4, -0.2) is 42.2 Å². The minimum absolute atomic E-state index is 0.00195. The number of nitrogens with zero attached hydrogens (tertiary/aromatic N) is 1. The molecule has 1 aromatic carbocycles. The van der Waals surface area contributed by atoms with Gasteiger partial charge in [0, 0.05) is 25.6 Å². The van der Waals surface area contributed by atoms with Crippen molar-refractivity contribution in [3.05, 3.63) is 29.3 Å².